The Morgan fingerprint density at radius 3 is 1.44 bits per heavy atom. The van der Waals surface area contributed by atoms with E-state index in [9.17, 15) is 0 Å². The highest BCUT2D eigenvalue weighted by molar-refractivity contribution is 5.89. The Labute approximate surface area is 345 Å². The van der Waals surface area contributed by atoms with Crippen LogP contribution in [-0.4, -0.2) is 19.9 Å². The van der Waals surface area contributed by atoms with Gasteiger partial charge in [-0.2, -0.15) is 0 Å². The Hall–Kier alpha value is -7.50. The summed E-state index contributed by atoms with van der Waals surface area (Å²) in [7, 11) is 0. The maximum atomic E-state index is 5.42. The first-order chi connectivity index (χ1) is 29.0. The van der Waals surface area contributed by atoms with E-state index in [-0.39, 0.29) is 5.41 Å². The van der Waals surface area contributed by atoms with Gasteiger partial charge in [0, 0.05) is 40.3 Å². The lowest BCUT2D eigenvalue weighted by Crippen LogP contribution is -2.31. The molecule has 7 aromatic carbocycles. The van der Waals surface area contributed by atoms with Crippen molar-refractivity contribution in [1.82, 2.24) is 19.9 Å². The van der Waals surface area contributed by atoms with Gasteiger partial charge in [0.05, 0.1) is 11.4 Å². The Morgan fingerprint density at radius 2 is 0.898 bits per heavy atom. The van der Waals surface area contributed by atoms with E-state index in [1.807, 2.05) is 66.9 Å². The minimum absolute atomic E-state index is 0.207. The lowest BCUT2D eigenvalue weighted by molar-refractivity contribution is 0.631. The fourth-order valence-corrected chi connectivity index (χ4v) is 8.44. The van der Waals surface area contributed by atoms with Crippen LogP contribution in [-0.2, 0) is 11.8 Å². The molecule has 3 heterocycles. The van der Waals surface area contributed by atoms with Crippen molar-refractivity contribution in [2.45, 2.75) is 25.7 Å². The third-order valence-corrected chi connectivity index (χ3v) is 11.4. The SMILES string of the molecule is CC1(C)c2ccccc2N(c2ncc(-c3ccc(-c4ccccc4)c(-c4ccccc4)c3)cc2Cc2nc(-c3ccccc3)nc(-c3ccccc3)n2)c2ccccc21. The first-order valence-electron chi connectivity index (χ1n) is 20.1. The first kappa shape index (κ1) is 35.9. The highest BCUT2D eigenvalue weighted by Gasteiger charge is 2.37. The summed E-state index contributed by atoms with van der Waals surface area (Å²) in [5.41, 5.74) is 14.2. The normalized spacial score (nSPS) is 12.7. The molecule has 10 rings (SSSR count). The Kier molecular flexibility index (Phi) is 9.19. The van der Waals surface area contributed by atoms with Crippen LogP contribution in [0, 0.1) is 0 Å². The van der Waals surface area contributed by atoms with Crippen molar-refractivity contribution in [3.05, 3.63) is 223 Å². The van der Waals surface area contributed by atoms with Crippen LogP contribution in [0.2, 0.25) is 0 Å². The van der Waals surface area contributed by atoms with Gasteiger partial charge in [-0.3, -0.25) is 4.90 Å². The summed E-state index contributed by atoms with van der Waals surface area (Å²) >= 11 is 0. The van der Waals surface area contributed by atoms with E-state index in [1.165, 1.54) is 27.8 Å². The monoisotopic (exact) mass is 759 g/mol. The summed E-state index contributed by atoms with van der Waals surface area (Å²) in [5, 5.41) is 0. The quantitative estimate of drug-likeness (QED) is 0.154. The predicted molar refractivity (Wildman–Crippen MR) is 241 cm³/mol. The topological polar surface area (TPSA) is 54.8 Å². The maximum Gasteiger partial charge on any atom is 0.163 e. The van der Waals surface area contributed by atoms with Crippen molar-refractivity contribution >= 4 is 17.2 Å². The number of fused-ring (bicyclic) bond motifs is 2. The number of nitrogens with zero attached hydrogens (tertiary/aromatic N) is 5. The first-order valence-corrected chi connectivity index (χ1v) is 20.1. The molecular formula is C54H41N5. The molecule has 0 bridgehead atoms. The highest BCUT2D eigenvalue weighted by atomic mass is 15.2. The predicted octanol–water partition coefficient (Wildman–Crippen LogP) is 13.3. The second-order valence-corrected chi connectivity index (χ2v) is 15.5. The van der Waals surface area contributed by atoms with Crippen LogP contribution < -0.4 is 4.90 Å². The number of rotatable bonds is 8. The molecule has 282 valence electrons. The minimum Gasteiger partial charge on any atom is -0.294 e. The number of para-hydroxylation sites is 2. The Morgan fingerprint density at radius 1 is 0.424 bits per heavy atom. The van der Waals surface area contributed by atoms with Gasteiger partial charge in [0.2, 0.25) is 0 Å². The molecule has 0 unspecified atom stereocenters. The number of hydrogen-bond acceptors (Lipinski definition) is 5. The molecule has 9 aromatic rings. The van der Waals surface area contributed by atoms with Crippen molar-refractivity contribution in [1.29, 1.82) is 0 Å². The van der Waals surface area contributed by atoms with E-state index in [4.69, 9.17) is 19.9 Å². The third-order valence-electron chi connectivity index (χ3n) is 11.4. The van der Waals surface area contributed by atoms with E-state index in [0.29, 0.717) is 23.9 Å². The van der Waals surface area contributed by atoms with Gasteiger partial charge < -0.3 is 0 Å². The van der Waals surface area contributed by atoms with E-state index in [2.05, 4.69) is 152 Å². The van der Waals surface area contributed by atoms with Crippen LogP contribution in [0.1, 0.15) is 36.4 Å². The molecule has 0 aliphatic carbocycles. The number of aromatic nitrogens is 4. The summed E-state index contributed by atoms with van der Waals surface area (Å²) in [6.07, 6.45) is 2.45. The van der Waals surface area contributed by atoms with Crippen LogP contribution in [0.15, 0.2) is 200 Å². The van der Waals surface area contributed by atoms with Crippen molar-refractivity contribution in [2.75, 3.05) is 4.90 Å². The fourth-order valence-electron chi connectivity index (χ4n) is 8.44. The molecule has 1 aliphatic heterocycles. The van der Waals surface area contributed by atoms with Crippen LogP contribution in [0.3, 0.4) is 0 Å². The van der Waals surface area contributed by atoms with Gasteiger partial charge in [-0.15, -0.1) is 0 Å². The molecule has 0 N–H and O–H groups in total. The van der Waals surface area contributed by atoms with E-state index >= 15 is 0 Å². The van der Waals surface area contributed by atoms with Crippen molar-refractivity contribution in [2.24, 2.45) is 0 Å². The number of hydrogen-bond donors (Lipinski definition) is 0. The van der Waals surface area contributed by atoms with E-state index in [1.54, 1.807) is 0 Å². The molecule has 2 aromatic heterocycles. The van der Waals surface area contributed by atoms with Gasteiger partial charge in [0.1, 0.15) is 11.6 Å². The zero-order chi connectivity index (χ0) is 39.8. The molecular weight excluding hydrogens is 719 g/mol. The second kappa shape index (κ2) is 15.1. The summed E-state index contributed by atoms with van der Waals surface area (Å²) in [5.74, 6) is 2.79. The lowest BCUT2D eigenvalue weighted by atomic mass is 9.73. The Bertz CT molecular complexity index is 2820. The zero-order valence-electron chi connectivity index (χ0n) is 33.0. The molecule has 0 saturated heterocycles. The lowest BCUT2D eigenvalue weighted by Gasteiger charge is -2.42. The van der Waals surface area contributed by atoms with Gasteiger partial charge in [-0.05, 0) is 63.2 Å². The number of benzene rings is 7. The molecule has 5 nitrogen and oxygen atoms in total. The van der Waals surface area contributed by atoms with E-state index < -0.39 is 0 Å². The van der Waals surface area contributed by atoms with E-state index in [0.717, 1.165) is 50.6 Å². The molecule has 0 atom stereocenters. The number of anilines is 3. The van der Waals surface area contributed by atoms with Crippen LogP contribution in [0.4, 0.5) is 17.2 Å². The van der Waals surface area contributed by atoms with Gasteiger partial charge in [0.15, 0.2) is 11.6 Å². The van der Waals surface area contributed by atoms with Gasteiger partial charge in [0.25, 0.3) is 0 Å². The molecule has 59 heavy (non-hydrogen) atoms. The van der Waals surface area contributed by atoms with Crippen molar-refractivity contribution < 1.29 is 0 Å². The standard InChI is InChI=1S/C54H41N5/c1-54(2)46-27-15-17-29-48(46)59(49-30-18-16-28-47(49)54)53-42(35-50-56-51(39-23-11-5-12-24-39)58-52(57-50)40-25-13-6-14-26-40)33-43(36-55-53)41-31-32-44(37-19-7-3-8-20-37)45(34-41)38-21-9-4-10-22-38/h3-34,36H,35H2,1-2H3. The molecule has 0 saturated carbocycles. The second-order valence-electron chi connectivity index (χ2n) is 15.5. The molecule has 0 radical (unpaired) electrons. The van der Waals surface area contributed by atoms with Crippen molar-refractivity contribution in [3.63, 3.8) is 0 Å². The van der Waals surface area contributed by atoms with Crippen LogP contribution >= 0.6 is 0 Å². The van der Waals surface area contributed by atoms with Crippen LogP contribution in [0.5, 0.6) is 0 Å². The Balaban J connectivity index is 1.18. The van der Waals surface area contributed by atoms with Gasteiger partial charge >= 0.3 is 0 Å². The van der Waals surface area contributed by atoms with Crippen LogP contribution in [0.25, 0.3) is 56.2 Å². The molecule has 0 amide bonds. The fraction of sp³-hybridized carbons (Fsp3) is 0.0741. The maximum absolute atomic E-state index is 5.42. The largest absolute Gasteiger partial charge is 0.294 e. The summed E-state index contributed by atoms with van der Waals surface area (Å²) in [4.78, 5) is 23.1. The summed E-state index contributed by atoms with van der Waals surface area (Å²) in [6, 6.07) is 68.0. The van der Waals surface area contributed by atoms with Gasteiger partial charge in [-0.25, -0.2) is 19.9 Å². The summed E-state index contributed by atoms with van der Waals surface area (Å²) < 4.78 is 0. The molecule has 0 fully saturated rings. The molecule has 0 spiro atoms. The molecule has 1 aliphatic rings. The average Bonchev–Trinajstić information content (AvgIpc) is 3.30. The highest BCUT2D eigenvalue weighted by Crippen LogP contribution is 2.52. The third kappa shape index (κ3) is 6.77. The zero-order valence-corrected chi connectivity index (χ0v) is 33.0. The molecule has 5 heteroatoms. The smallest absolute Gasteiger partial charge is 0.163 e. The van der Waals surface area contributed by atoms with Crippen molar-refractivity contribution in [3.8, 4) is 56.2 Å². The summed E-state index contributed by atoms with van der Waals surface area (Å²) in [6.45, 7) is 4.62. The average molecular weight is 760 g/mol. The number of pyridine rings is 1. The van der Waals surface area contributed by atoms with Gasteiger partial charge in [-0.1, -0.05) is 184 Å². The minimum atomic E-state index is -0.207.